The molecule has 0 spiro atoms. The number of nitro benzene ring substituents is 1. The van der Waals surface area contributed by atoms with E-state index in [1.165, 1.54) is 37.5 Å². The first-order valence-corrected chi connectivity index (χ1v) is 8.63. The zero-order valence-corrected chi connectivity index (χ0v) is 14.2. The van der Waals surface area contributed by atoms with Gasteiger partial charge in [-0.15, -0.1) is 0 Å². The second kappa shape index (κ2) is 7.21. The monoisotopic (exact) mass is 346 g/mol. The predicted octanol–water partition coefficient (Wildman–Crippen LogP) is 3.21. The molecule has 7 nitrogen and oxygen atoms in total. The van der Waals surface area contributed by atoms with Crippen LogP contribution in [0.1, 0.15) is 37.7 Å². The van der Waals surface area contributed by atoms with Gasteiger partial charge in [-0.1, -0.05) is 6.42 Å². The molecule has 2 bridgehead atoms. The minimum absolute atomic E-state index is 0.0345. The maximum Gasteiger partial charge on any atom is 0.306 e. The Morgan fingerprint density at radius 2 is 2.12 bits per heavy atom. The number of nitro groups is 1. The third-order valence-electron chi connectivity index (χ3n) is 5.37. The summed E-state index contributed by atoms with van der Waals surface area (Å²) >= 11 is 0. The Morgan fingerprint density at radius 3 is 2.72 bits per heavy atom. The van der Waals surface area contributed by atoms with Crippen LogP contribution in [-0.2, 0) is 14.3 Å². The molecule has 25 heavy (non-hydrogen) atoms. The first-order chi connectivity index (χ1) is 11.9. The Kier molecular flexibility index (Phi) is 5.01. The number of ether oxygens (including phenoxy) is 1. The summed E-state index contributed by atoms with van der Waals surface area (Å²) in [6, 6.07) is 4.18. The number of rotatable bonds is 6. The maximum absolute atomic E-state index is 11.9. The van der Waals surface area contributed by atoms with Crippen molar-refractivity contribution in [3.8, 4) is 0 Å². The molecular formula is C18H22N2O5. The Hall–Kier alpha value is -2.44. The number of esters is 1. The molecule has 7 heteroatoms. The molecule has 2 saturated carbocycles. The molecule has 1 aromatic carbocycles. The lowest BCUT2D eigenvalue weighted by atomic mass is 9.86. The van der Waals surface area contributed by atoms with Crippen molar-refractivity contribution >= 4 is 23.3 Å². The smallest absolute Gasteiger partial charge is 0.306 e. The van der Waals surface area contributed by atoms with Gasteiger partial charge in [0.2, 0.25) is 0 Å². The van der Waals surface area contributed by atoms with Crippen LogP contribution in [0, 0.1) is 34.8 Å². The largest absolute Gasteiger partial charge is 0.456 e. The van der Waals surface area contributed by atoms with E-state index < -0.39 is 10.8 Å². The van der Waals surface area contributed by atoms with Crippen LogP contribution < -0.4 is 5.32 Å². The van der Waals surface area contributed by atoms with Crippen LogP contribution in [0.15, 0.2) is 18.2 Å². The van der Waals surface area contributed by atoms with Gasteiger partial charge < -0.3 is 10.1 Å². The van der Waals surface area contributed by atoms with Crippen molar-refractivity contribution in [2.24, 2.45) is 17.8 Å². The first kappa shape index (κ1) is 17.4. The van der Waals surface area contributed by atoms with Crippen molar-refractivity contribution in [1.29, 1.82) is 0 Å². The summed E-state index contributed by atoms with van der Waals surface area (Å²) in [6.45, 7) is 1.33. The van der Waals surface area contributed by atoms with Gasteiger partial charge in [0.05, 0.1) is 4.92 Å². The molecule has 2 aliphatic rings. The summed E-state index contributed by atoms with van der Waals surface area (Å²) in [6.07, 6.45) is 5.23. The molecule has 3 rings (SSSR count). The highest BCUT2D eigenvalue weighted by Gasteiger charge is 2.40. The van der Waals surface area contributed by atoms with Crippen LogP contribution in [0.4, 0.5) is 11.4 Å². The third kappa shape index (κ3) is 4.15. The number of amides is 1. The molecule has 1 amide bonds. The lowest BCUT2D eigenvalue weighted by Gasteiger charge is -2.20. The van der Waals surface area contributed by atoms with E-state index in [2.05, 4.69) is 5.32 Å². The van der Waals surface area contributed by atoms with Crippen LogP contribution >= 0.6 is 0 Å². The second-order valence-corrected chi connectivity index (χ2v) is 7.10. The normalized spacial score (nSPS) is 24.1. The number of hydrogen-bond donors (Lipinski definition) is 1. The topological polar surface area (TPSA) is 98.5 Å². The van der Waals surface area contributed by atoms with Crippen molar-refractivity contribution in [1.82, 2.24) is 0 Å². The number of hydrogen-bond acceptors (Lipinski definition) is 5. The highest BCUT2D eigenvalue weighted by molar-refractivity contribution is 5.93. The summed E-state index contributed by atoms with van der Waals surface area (Å²) < 4.78 is 5.09. The highest BCUT2D eigenvalue weighted by atomic mass is 16.6. The zero-order chi connectivity index (χ0) is 18.0. The molecule has 3 atom stereocenters. The maximum atomic E-state index is 11.9. The van der Waals surface area contributed by atoms with Crippen molar-refractivity contribution < 1.29 is 19.2 Å². The van der Waals surface area contributed by atoms with Gasteiger partial charge in [0.1, 0.15) is 0 Å². The van der Waals surface area contributed by atoms with E-state index in [1.54, 1.807) is 6.92 Å². The molecule has 134 valence electrons. The molecule has 0 aromatic heterocycles. The number of non-ortho nitro benzene ring substituents is 1. The minimum atomic E-state index is -0.490. The number of anilines is 1. The van der Waals surface area contributed by atoms with Crippen molar-refractivity contribution in [2.75, 3.05) is 11.9 Å². The Balaban J connectivity index is 1.45. The van der Waals surface area contributed by atoms with Crippen molar-refractivity contribution in [2.45, 2.75) is 39.0 Å². The average Bonchev–Trinajstić information content (AvgIpc) is 3.17. The molecule has 0 saturated heterocycles. The van der Waals surface area contributed by atoms with E-state index in [9.17, 15) is 19.7 Å². The van der Waals surface area contributed by atoms with E-state index in [0.29, 0.717) is 29.5 Å². The summed E-state index contributed by atoms with van der Waals surface area (Å²) in [5.74, 6) is 1.06. The number of fused-ring (bicyclic) bond motifs is 2. The van der Waals surface area contributed by atoms with Gasteiger partial charge in [0, 0.05) is 24.2 Å². The fourth-order valence-corrected chi connectivity index (χ4v) is 4.13. The molecule has 1 N–H and O–H groups in total. The fourth-order valence-electron chi connectivity index (χ4n) is 4.13. The van der Waals surface area contributed by atoms with Gasteiger partial charge in [-0.2, -0.15) is 0 Å². The van der Waals surface area contributed by atoms with E-state index in [0.717, 1.165) is 12.3 Å². The Labute approximate surface area is 145 Å². The standard InChI is InChI=1S/C18H22N2O5/c1-11-6-15(20(23)24)4-5-16(11)19-17(21)10-25-18(22)9-14-8-12-2-3-13(14)7-12/h4-6,12-14H,2-3,7-10H2,1H3,(H,19,21)/t12-,13+,14+/m0/s1. The molecule has 0 radical (unpaired) electrons. The Morgan fingerprint density at radius 1 is 1.32 bits per heavy atom. The SMILES string of the molecule is Cc1cc([N+](=O)[O-])ccc1NC(=O)COC(=O)C[C@H]1C[C@H]2CC[C@@H]1C2. The van der Waals surface area contributed by atoms with Crippen LogP contribution in [-0.4, -0.2) is 23.4 Å². The van der Waals surface area contributed by atoms with E-state index in [4.69, 9.17) is 4.74 Å². The lowest BCUT2D eigenvalue weighted by molar-refractivity contribution is -0.384. The van der Waals surface area contributed by atoms with Gasteiger partial charge in [-0.3, -0.25) is 19.7 Å². The van der Waals surface area contributed by atoms with Crippen LogP contribution in [0.2, 0.25) is 0 Å². The fraction of sp³-hybridized carbons (Fsp3) is 0.556. The third-order valence-corrected chi connectivity index (χ3v) is 5.37. The highest BCUT2D eigenvalue weighted by Crippen LogP contribution is 2.49. The molecule has 2 fully saturated rings. The zero-order valence-electron chi connectivity index (χ0n) is 14.2. The van der Waals surface area contributed by atoms with Crippen molar-refractivity contribution in [3.63, 3.8) is 0 Å². The Bertz CT molecular complexity index is 703. The van der Waals surface area contributed by atoms with Gasteiger partial charge >= 0.3 is 5.97 Å². The number of benzene rings is 1. The summed E-state index contributed by atoms with van der Waals surface area (Å²) in [5, 5.41) is 13.3. The molecule has 0 heterocycles. The molecular weight excluding hydrogens is 324 g/mol. The van der Waals surface area contributed by atoms with Crippen LogP contribution in [0.25, 0.3) is 0 Å². The number of carbonyl (C=O) groups excluding carboxylic acids is 2. The van der Waals surface area contributed by atoms with E-state index in [-0.39, 0.29) is 18.3 Å². The van der Waals surface area contributed by atoms with Gasteiger partial charge in [-0.05, 0) is 55.6 Å². The summed E-state index contributed by atoms with van der Waals surface area (Å²) in [5.41, 5.74) is 1.02. The molecule has 0 aliphatic heterocycles. The van der Waals surface area contributed by atoms with Crippen LogP contribution in [0.3, 0.4) is 0 Å². The van der Waals surface area contributed by atoms with Crippen LogP contribution in [0.5, 0.6) is 0 Å². The first-order valence-electron chi connectivity index (χ1n) is 8.63. The van der Waals surface area contributed by atoms with Gasteiger partial charge in [0.15, 0.2) is 6.61 Å². The number of nitrogens with one attached hydrogen (secondary N) is 1. The van der Waals surface area contributed by atoms with E-state index in [1.807, 2.05) is 0 Å². The molecule has 2 aliphatic carbocycles. The number of nitrogens with zero attached hydrogens (tertiary/aromatic N) is 1. The summed E-state index contributed by atoms with van der Waals surface area (Å²) in [4.78, 5) is 34.1. The predicted molar refractivity (Wildman–Crippen MR) is 91.0 cm³/mol. The second-order valence-electron chi connectivity index (χ2n) is 7.10. The van der Waals surface area contributed by atoms with Gasteiger partial charge in [-0.25, -0.2) is 0 Å². The van der Waals surface area contributed by atoms with Gasteiger partial charge in [0.25, 0.3) is 11.6 Å². The quantitative estimate of drug-likeness (QED) is 0.484. The minimum Gasteiger partial charge on any atom is -0.456 e. The van der Waals surface area contributed by atoms with E-state index >= 15 is 0 Å². The molecule has 1 aromatic rings. The number of aryl methyl sites for hydroxylation is 1. The molecule has 0 unspecified atom stereocenters. The average molecular weight is 346 g/mol. The lowest BCUT2D eigenvalue weighted by Crippen LogP contribution is -2.23. The summed E-state index contributed by atoms with van der Waals surface area (Å²) in [7, 11) is 0. The number of carbonyl (C=O) groups is 2. The van der Waals surface area contributed by atoms with Crippen molar-refractivity contribution in [3.05, 3.63) is 33.9 Å².